The quantitative estimate of drug-likeness (QED) is 0.644. The van der Waals surface area contributed by atoms with Crippen LogP contribution in [0.1, 0.15) is 31.7 Å². The zero-order valence-electron chi connectivity index (χ0n) is 15.0. The Balaban J connectivity index is 2.66. The van der Waals surface area contributed by atoms with Gasteiger partial charge in [-0.2, -0.15) is 0 Å². The van der Waals surface area contributed by atoms with Gasteiger partial charge >= 0.3 is 5.97 Å². The molecule has 0 aliphatic carbocycles. The van der Waals surface area contributed by atoms with E-state index in [-0.39, 0.29) is 6.54 Å². The number of ether oxygens (including phenoxy) is 3. The van der Waals surface area contributed by atoms with Crippen molar-refractivity contribution in [2.75, 3.05) is 27.9 Å². The first-order valence-electron chi connectivity index (χ1n) is 8.19. The Bertz CT molecular complexity index is 532. The van der Waals surface area contributed by atoms with Gasteiger partial charge in [-0.25, -0.2) is 0 Å². The SMILES string of the molecule is COc1ccc(CCCC(C)CC(CN)C(=O)O)c(OC)c1OC. The molecule has 1 rings (SSSR count). The minimum atomic E-state index is -0.814. The van der Waals surface area contributed by atoms with Crippen LogP contribution in [0.3, 0.4) is 0 Å². The van der Waals surface area contributed by atoms with Crippen LogP contribution < -0.4 is 19.9 Å². The molecule has 0 bridgehead atoms. The smallest absolute Gasteiger partial charge is 0.307 e. The highest BCUT2D eigenvalue weighted by Gasteiger charge is 2.19. The molecule has 0 radical (unpaired) electrons. The lowest BCUT2D eigenvalue weighted by Crippen LogP contribution is -2.25. The van der Waals surface area contributed by atoms with Gasteiger partial charge < -0.3 is 25.1 Å². The molecule has 0 saturated carbocycles. The lowest BCUT2D eigenvalue weighted by atomic mass is 9.91. The van der Waals surface area contributed by atoms with Crippen molar-refractivity contribution < 1.29 is 24.1 Å². The molecule has 1 aromatic carbocycles. The Morgan fingerprint density at radius 1 is 1.17 bits per heavy atom. The van der Waals surface area contributed by atoms with Crippen molar-refractivity contribution in [2.45, 2.75) is 32.6 Å². The molecule has 0 aliphatic rings. The average Bonchev–Trinajstić information content (AvgIpc) is 2.58. The van der Waals surface area contributed by atoms with E-state index in [0.29, 0.717) is 29.6 Å². The van der Waals surface area contributed by atoms with Crippen LogP contribution in [0.15, 0.2) is 12.1 Å². The summed E-state index contributed by atoms with van der Waals surface area (Å²) in [5.41, 5.74) is 6.57. The number of nitrogens with two attached hydrogens (primary N) is 1. The number of hydrogen-bond acceptors (Lipinski definition) is 5. The first kappa shape index (κ1) is 20.1. The highest BCUT2D eigenvalue weighted by atomic mass is 16.5. The van der Waals surface area contributed by atoms with E-state index in [2.05, 4.69) is 6.92 Å². The van der Waals surface area contributed by atoms with Gasteiger partial charge in [0.2, 0.25) is 5.75 Å². The molecule has 0 aliphatic heterocycles. The predicted octanol–water partition coefficient (Wildman–Crippen LogP) is 2.72. The van der Waals surface area contributed by atoms with Crippen molar-refractivity contribution in [2.24, 2.45) is 17.6 Å². The fourth-order valence-electron chi connectivity index (χ4n) is 2.90. The van der Waals surface area contributed by atoms with Gasteiger partial charge in [0, 0.05) is 6.54 Å². The van der Waals surface area contributed by atoms with E-state index in [1.807, 2.05) is 12.1 Å². The van der Waals surface area contributed by atoms with Crippen LogP contribution in [-0.4, -0.2) is 38.9 Å². The van der Waals surface area contributed by atoms with E-state index >= 15 is 0 Å². The normalized spacial score (nSPS) is 13.2. The van der Waals surface area contributed by atoms with Crippen LogP contribution in [0.4, 0.5) is 0 Å². The van der Waals surface area contributed by atoms with Gasteiger partial charge in [0.1, 0.15) is 0 Å². The van der Waals surface area contributed by atoms with E-state index in [9.17, 15) is 4.79 Å². The summed E-state index contributed by atoms with van der Waals surface area (Å²) in [4.78, 5) is 11.1. The van der Waals surface area contributed by atoms with Gasteiger partial charge in [0.05, 0.1) is 27.2 Å². The van der Waals surface area contributed by atoms with Crippen molar-refractivity contribution in [3.05, 3.63) is 17.7 Å². The molecule has 0 heterocycles. The molecule has 1 aromatic rings. The zero-order chi connectivity index (χ0) is 18.1. The summed E-state index contributed by atoms with van der Waals surface area (Å²) in [5.74, 6) is 0.954. The third-order valence-electron chi connectivity index (χ3n) is 4.25. The minimum absolute atomic E-state index is 0.184. The minimum Gasteiger partial charge on any atom is -0.493 e. The molecule has 0 fully saturated rings. The number of carbonyl (C=O) groups is 1. The molecule has 3 N–H and O–H groups in total. The summed E-state index contributed by atoms with van der Waals surface area (Å²) >= 11 is 0. The summed E-state index contributed by atoms with van der Waals surface area (Å²) in [6.45, 7) is 2.25. The third-order valence-corrected chi connectivity index (χ3v) is 4.25. The Labute approximate surface area is 143 Å². The van der Waals surface area contributed by atoms with Crippen LogP contribution in [0, 0.1) is 11.8 Å². The zero-order valence-corrected chi connectivity index (χ0v) is 15.0. The molecule has 6 heteroatoms. The maximum absolute atomic E-state index is 11.1. The summed E-state index contributed by atoms with van der Waals surface area (Å²) in [6, 6.07) is 3.85. The first-order valence-corrected chi connectivity index (χ1v) is 8.19. The molecular weight excluding hydrogens is 310 g/mol. The lowest BCUT2D eigenvalue weighted by molar-refractivity contribution is -0.141. The molecule has 0 aromatic heterocycles. The van der Waals surface area contributed by atoms with Crippen LogP contribution in [0.2, 0.25) is 0 Å². The second kappa shape index (κ2) is 10.0. The van der Waals surface area contributed by atoms with E-state index < -0.39 is 11.9 Å². The lowest BCUT2D eigenvalue weighted by Gasteiger charge is -2.18. The third kappa shape index (κ3) is 5.30. The number of aliphatic carboxylic acids is 1. The number of benzene rings is 1. The molecular formula is C18H29NO5. The van der Waals surface area contributed by atoms with Gasteiger partial charge in [-0.05, 0) is 36.8 Å². The summed E-state index contributed by atoms with van der Waals surface area (Å²) < 4.78 is 16.2. The van der Waals surface area contributed by atoms with Crippen molar-refractivity contribution >= 4 is 5.97 Å². The predicted molar refractivity (Wildman–Crippen MR) is 93.0 cm³/mol. The van der Waals surface area contributed by atoms with Gasteiger partial charge in [-0.3, -0.25) is 4.79 Å². The first-order chi connectivity index (χ1) is 11.5. The summed E-state index contributed by atoms with van der Waals surface area (Å²) in [5, 5.41) is 9.08. The molecule has 6 nitrogen and oxygen atoms in total. The van der Waals surface area contributed by atoms with Gasteiger partial charge in [0.25, 0.3) is 0 Å². The van der Waals surface area contributed by atoms with Gasteiger partial charge in [-0.1, -0.05) is 19.4 Å². The van der Waals surface area contributed by atoms with Crippen LogP contribution in [0.25, 0.3) is 0 Å². The maximum Gasteiger partial charge on any atom is 0.307 e. The average molecular weight is 339 g/mol. The number of carboxylic acids is 1. The number of aryl methyl sites for hydroxylation is 1. The molecule has 0 spiro atoms. The van der Waals surface area contributed by atoms with Crippen molar-refractivity contribution in [3.8, 4) is 17.2 Å². The van der Waals surface area contributed by atoms with Gasteiger partial charge in [0.15, 0.2) is 11.5 Å². The molecule has 0 amide bonds. The van der Waals surface area contributed by atoms with Crippen LogP contribution in [0.5, 0.6) is 17.2 Å². The number of rotatable bonds is 11. The van der Waals surface area contributed by atoms with E-state index in [1.165, 1.54) is 0 Å². The molecule has 136 valence electrons. The number of hydrogen-bond donors (Lipinski definition) is 2. The fraction of sp³-hybridized carbons (Fsp3) is 0.611. The number of methoxy groups -OCH3 is 3. The highest BCUT2D eigenvalue weighted by Crippen LogP contribution is 2.40. The molecule has 2 unspecified atom stereocenters. The second-order valence-corrected chi connectivity index (χ2v) is 6.00. The van der Waals surface area contributed by atoms with Crippen LogP contribution in [-0.2, 0) is 11.2 Å². The standard InChI is InChI=1S/C18H29NO5/c1-12(10-14(11-19)18(20)21)6-5-7-13-8-9-15(22-2)17(24-4)16(13)23-3/h8-9,12,14H,5-7,10-11,19H2,1-4H3,(H,20,21). The Kier molecular flexibility index (Phi) is 8.40. The summed E-state index contributed by atoms with van der Waals surface area (Å²) in [7, 11) is 4.79. The molecule has 24 heavy (non-hydrogen) atoms. The van der Waals surface area contributed by atoms with E-state index in [0.717, 1.165) is 24.8 Å². The van der Waals surface area contributed by atoms with Crippen molar-refractivity contribution in [3.63, 3.8) is 0 Å². The van der Waals surface area contributed by atoms with E-state index in [1.54, 1.807) is 21.3 Å². The maximum atomic E-state index is 11.1. The van der Waals surface area contributed by atoms with Gasteiger partial charge in [-0.15, -0.1) is 0 Å². The Hall–Kier alpha value is -1.95. The summed E-state index contributed by atoms with van der Waals surface area (Å²) in [6.07, 6.45) is 3.30. The van der Waals surface area contributed by atoms with E-state index in [4.69, 9.17) is 25.1 Å². The second-order valence-electron chi connectivity index (χ2n) is 6.00. The van der Waals surface area contributed by atoms with Crippen molar-refractivity contribution in [1.29, 1.82) is 0 Å². The van der Waals surface area contributed by atoms with Crippen LogP contribution >= 0.6 is 0 Å². The molecule has 2 atom stereocenters. The Morgan fingerprint density at radius 2 is 1.83 bits per heavy atom. The van der Waals surface area contributed by atoms with Crippen molar-refractivity contribution in [1.82, 2.24) is 0 Å². The Morgan fingerprint density at radius 3 is 2.33 bits per heavy atom. The topological polar surface area (TPSA) is 91.0 Å². The largest absolute Gasteiger partial charge is 0.493 e. The highest BCUT2D eigenvalue weighted by molar-refractivity contribution is 5.70. The molecule has 0 saturated heterocycles. The fourth-order valence-corrected chi connectivity index (χ4v) is 2.90. The monoisotopic (exact) mass is 339 g/mol. The number of carboxylic acid groups (broad SMARTS) is 1.